The summed E-state index contributed by atoms with van der Waals surface area (Å²) in [6.07, 6.45) is 0.633. The van der Waals surface area contributed by atoms with Gasteiger partial charge in [0.05, 0.1) is 4.47 Å². The highest BCUT2D eigenvalue weighted by Gasteiger charge is 2.24. The lowest BCUT2D eigenvalue weighted by Crippen LogP contribution is -2.35. The Balaban J connectivity index is 2.31. The molecule has 0 heterocycles. The molecule has 0 spiro atoms. The molecule has 2 N–H and O–H groups in total. The van der Waals surface area contributed by atoms with Gasteiger partial charge in [-0.25, -0.2) is 4.39 Å². The standard InChI is InChI=1S/C15H14Br2FN/c1-15(19,11-4-2-3-5-12(11)16)9-10-6-7-14(18)13(17)8-10/h2-8H,9,19H2,1H3. The molecule has 1 nitrogen and oxygen atoms in total. The summed E-state index contributed by atoms with van der Waals surface area (Å²) < 4.78 is 14.7. The number of hydrogen-bond donors (Lipinski definition) is 1. The predicted molar refractivity (Wildman–Crippen MR) is 83.5 cm³/mol. The van der Waals surface area contributed by atoms with Crippen molar-refractivity contribution in [3.05, 3.63) is 68.4 Å². The molecule has 2 aromatic rings. The summed E-state index contributed by atoms with van der Waals surface area (Å²) >= 11 is 6.72. The van der Waals surface area contributed by atoms with Gasteiger partial charge in [-0.2, -0.15) is 0 Å². The predicted octanol–water partition coefficient (Wildman–Crippen LogP) is 4.77. The zero-order chi connectivity index (χ0) is 14.0. The van der Waals surface area contributed by atoms with E-state index in [2.05, 4.69) is 31.9 Å². The van der Waals surface area contributed by atoms with Gasteiger partial charge in [0.25, 0.3) is 0 Å². The van der Waals surface area contributed by atoms with Gasteiger partial charge >= 0.3 is 0 Å². The van der Waals surface area contributed by atoms with Crippen LogP contribution in [-0.2, 0) is 12.0 Å². The number of rotatable bonds is 3. The van der Waals surface area contributed by atoms with E-state index in [0.29, 0.717) is 10.9 Å². The smallest absolute Gasteiger partial charge is 0.137 e. The third-order valence-electron chi connectivity index (χ3n) is 3.04. The van der Waals surface area contributed by atoms with Gasteiger partial charge in [-0.3, -0.25) is 0 Å². The molecule has 0 aromatic heterocycles. The molecule has 0 amide bonds. The lowest BCUT2D eigenvalue weighted by molar-refractivity contribution is 0.488. The molecule has 0 aliphatic rings. The summed E-state index contributed by atoms with van der Waals surface area (Å²) in [6.45, 7) is 1.98. The summed E-state index contributed by atoms with van der Waals surface area (Å²) in [5, 5.41) is 0. The van der Waals surface area contributed by atoms with Crippen molar-refractivity contribution in [2.75, 3.05) is 0 Å². The van der Waals surface area contributed by atoms with Crippen molar-refractivity contribution in [2.24, 2.45) is 5.73 Å². The van der Waals surface area contributed by atoms with Gasteiger partial charge in [0.1, 0.15) is 5.82 Å². The van der Waals surface area contributed by atoms with E-state index in [1.165, 1.54) is 6.07 Å². The average molecular weight is 387 g/mol. The van der Waals surface area contributed by atoms with Crippen LogP contribution in [0.5, 0.6) is 0 Å². The minimum Gasteiger partial charge on any atom is -0.321 e. The van der Waals surface area contributed by atoms with Gasteiger partial charge in [-0.05, 0) is 58.6 Å². The van der Waals surface area contributed by atoms with Gasteiger partial charge in [0.15, 0.2) is 0 Å². The summed E-state index contributed by atoms with van der Waals surface area (Å²) in [7, 11) is 0. The molecule has 0 aliphatic carbocycles. The van der Waals surface area contributed by atoms with Crippen LogP contribution in [0.15, 0.2) is 51.4 Å². The zero-order valence-electron chi connectivity index (χ0n) is 10.5. The Bertz CT molecular complexity index is 596. The topological polar surface area (TPSA) is 26.0 Å². The Labute approximate surface area is 129 Å². The van der Waals surface area contributed by atoms with Crippen LogP contribution in [0.4, 0.5) is 4.39 Å². The van der Waals surface area contributed by atoms with Crippen molar-refractivity contribution in [3.63, 3.8) is 0 Å². The van der Waals surface area contributed by atoms with E-state index in [9.17, 15) is 4.39 Å². The highest BCUT2D eigenvalue weighted by atomic mass is 79.9. The molecule has 2 rings (SSSR count). The number of nitrogens with two attached hydrogens (primary N) is 1. The molecule has 2 aromatic carbocycles. The second-order valence-corrected chi connectivity index (χ2v) is 6.53. The first-order chi connectivity index (χ1) is 8.90. The molecule has 0 radical (unpaired) electrons. The summed E-state index contributed by atoms with van der Waals surface area (Å²) in [4.78, 5) is 0. The van der Waals surface area contributed by atoms with E-state index in [1.807, 2.05) is 31.2 Å². The van der Waals surface area contributed by atoms with Crippen LogP contribution >= 0.6 is 31.9 Å². The van der Waals surface area contributed by atoms with Crippen molar-refractivity contribution in [1.82, 2.24) is 0 Å². The Kier molecular flexibility index (Phi) is 4.43. The largest absolute Gasteiger partial charge is 0.321 e. The molecule has 100 valence electrons. The lowest BCUT2D eigenvalue weighted by Gasteiger charge is -2.26. The van der Waals surface area contributed by atoms with Crippen LogP contribution in [-0.4, -0.2) is 0 Å². The van der Waals surface area contributed by atoms with Crippen LogP contribution in [0.3, 0.4) is 0 Å². The van der Waals surface area contributed by atoms with Crippen molar-refractivity contribution >= 4 is 31.9 Å². The van der Waals surface area contributed by atoms with Crippen molar-refractivity contribution < 1.29 is 4.39 Å². The first kappa shape index (κ1) is 14.7. The van der Waals surface area contributed by atoms with Gasteiger partial charge in [0.2, 0.25) is 0 Å². The molecular formula is C15H14Br2FN. The average Bonchev–Trinajstić information content (AvgIpc) is 2.34. The third kappa shape index (κ3) is 3.44. The van der Waals surface area contributed by atoms with Gasteiger partial charge < -0.3 is 5.73 Å². The van der Waals surface area contributed by atoms with Crippen LogP contribution in [0.2, 0.25) is 0 Å². The SMILES string of the molecule is CC(N)(Cc1ccc(F)c(Br)c1)c1ccccc1Br. The van der Waals surface area contributed by atoms with Crippen molar-refractivity contribution in [3.8, 4) is 0 Å². The van der Waals surface area contributed by atoms with E-state index < -0.39 is 5.54 Å². The fourth-order valence-corrected chi connectivity index (χ4v) is 3.26. The van der Waals surface area contributed by atoms with E-state index in [4.69, 9.17) is 5.73 Å². The van der Waals surface area contributed by atoms with E-state index in [1.54, 1.807) is 12.1 Å². The quantitative estimate of drug-likeness (QED) is 0.807. The maximum atomic E-state index is 13.2. The molecule has 0 saturated carbocycles. The van der Waals surface area contributed by atoms with Crippen molar-refractivity contribution in [1.29, 1.82) is 0 Å². The Hall–Kier alpha value is -0.710. The molecular weight excluding hydrogens is 373 g/mol. The number of halogens is 3. The molecule has 1 atom stereocenters. The molecule has 19 heavy (non-hydrogen) atoms. The molecule has 0 bridgehead atoms. The molecule has 0 saturated heterocycles. The lowest BCUT2D eigenvalue weighted by atomic mass is 9.87. The second-order valence-electron chi connectivity index (χ2n) is 4.82. The van der Waals surface area contributed by atoms with Crippen LogP contribution in [0.25, 0.3) is 0 Å². The van der Waals surface area contributed by atoms with Gasteiger partial charge in [-0.15, -0.1) is 0 Å². The molecule has 4 heteroatoms. The van der Waals surface area contributed by atoms with E-state index in [0.717, 1.165) is 15.6 Å². The van der Waals surface area contributed by atoms with Gasteiger partial charge in [0, 0.05) is 10.0 Å². The fraction of sp³-hybridized carbons (Fsp3) is 0.200. The van der Waals surface area contributed by atoms with Gasteiger partial charge in [-0.1, -0.05) is 40.2 Å². The summed E-state index contributed by atoms with van der Waals surface area (Å²) in [6, 6.07) is 12.9. The highest BCUT2D eigenvalue weighted by Crippen LogP contribution is 2.30. The maximum absolute atomic E-state index is 13.2. The number of benzene rings is 2. The van der Waals surface area contributed by atoms with Crippen LogP contribution < -0.4 is 5.73 Å². The Morgan fingerprint density at radius 3 is 2.42 bits per heavy atom. The van der Waals surface area contributed by atoms with E-state index >= 15 is 0 Å². The normalized spacial score (nSPS) is 14.2. The number of hydrogen-bond acceptors (Lipinski definition) is 1. The minimum atomic E-state index is -0.517. The Morgan fingerprint density at radius 2 is 1.79 bits per heavy atom. The molecule has 0 fully saturated rings. The first-order valence-electron chi connectivity index (χ1n) is 5.88. The minimum absolute atomic E-state index is 0.261. The Morgan fingerprint density at radius 1 is 1.11 bits per heavy atom. The van der Waals surface area contributed by atoms with E-state index in [-0.39, 0.29) is 5.82 Å². The maximum Gasteiger partial charge on any atom is 0.137 e. The van der Waals surface area contributed by atoms with Crippen LogP contribution in [0, 0.1) is 5.82 Å². The molecule has 1 unspecified atom stereocenters. The van der Waals surface area contributed by atoms with Crippen molar-refractivity contribution in [2.45, 2.75) is 18.9 Å². The molecule has 0 aliphatic heterocycles. The summed E-state index contributed by atoms with van der Waals surface area (Å²) in [5.74, 6) is -0.261. The highest BCUT2D eigenvalue weighted by molar-refractivity contribution is 9.10. The third-order valence-corrected chi connectivity index (χ3v) is 4.34. The second kappa shape index (κ2) is 5.73. The monoisotopic (exact) mass is 385 g/mol. The zero-order valence-corrected chi connectivity index (χ0v) is 13.6. The van der Waals surface area contributed by atoms with Crippen LogP contribution in [0.1, 0.15) is 18.1 Å². The fourth-order valence-electron chi connectivity index (χ4n) is 2.09. The first-order valence-corrected chi connectivity index (χ1v) is 7.46. The summed E-state index contributed by atoms with van der Waals surface area (Å²) in [5.41, 5.74) is 7.94.